The van der Waals surface area contributed by atoms with Crippen LogP contribution in [0.4, 0.5) is 5.00 Å². The lowest BCUT2D eigenvalue weighted by Gasteiger charge is -2.33. The van der Waals surface area contributed by atoms with Crippen molar-refractivity contribution in [3.63, 3.8) is 0 Å². The van der Waals surface area contributed by atoms with Gasteiger partial charge in [-0.2, -0.15) is 0 Å². The third kappa shape index (κ3) is 4.65. The third-order valence-corrected chi connectivity index (χ3v) is 7.51. The van der Waals surface area contributed by atoms with Gasteiger partial charge in [0.2, 0.25) is 0 Å². The minimum atomic E-state index is -0.186. The maximum absolute atomic E-state index is 13.3. The van der Waals surface area contributed by atoms with Gasteiger partial charge in [0.1, 0.15) is 10.8 Å². The van der Waals surface area contributed by atoms with Crippen molar-refractivity contribution in [2.45, 2.75) is 53.5 Å². The average Bonchev–Trinajstić information content (AvgIpc) is 3.38. The molecule has 2 amide bonds. The summed E-state index contributed by atoms with van der Waals surface area (Å²) in [5, 5.41) is 6.65. The summed E-state index contributed by atoms with van der Waals surface area (Å²) in [6, 6.07) is 11.1. The highest BCUT2D eigenvalue weighted by atomic mass is 32.1. The second kappa shape index (κ2) is 8.94. The number of carbonyl (C=O) groups is 2. The van der Waals surface area contributed by atoms with Crippen molar-refractivity contribution in [2.24, 2.45) is 11.3 Å². The minimum absolute atomic E-state index is 0.173. The number of carbonyl (C=O) groups excluding carboxylic acids is 2. The molecule has 0 saturated heterocycles. The number of furan rings is 1. The van der Waals surface area contributed by atoms with E-state index in [0.29, 0.717) is 34.4 Å². The first kappa shape index (κ1) is 22.3. The van der Waals surface area contributed by atoms with Crippen LogP contribution in [0, 0.1) is 18.3 Å². The van der Waals surface area contributed by atoms with Gasteiger partial charge in [0.05, 0.1) is 18.4 Å². The van der Waals surface area contributed by atoms with Crippen molar-refractivity contribution in [1.82, 2.24) is 5.32 Å². The van der Waals surface area contributed by atoms with Crippen molar-refractivity contribution in [3.05, 3.63) is 75.6 Å². The zero-order chi connectivity index (χ0) is 22.9. The van der Waals surface area contributed by atoms with Crippen LogP contribution in [0.2, 0.25) is 0 Å². The van der Waals surface area contributed by atoms with E-state index in [0.717, 1.165) is 30.4 Å². The van der Waals surface area contributed by atoms with Gasteiger partial charge in [-0.1, -0.05) is 39.0 Å². The molecule has 1 aliphatic rings. The van der Waals surface area contributed by atoms with Crippen LogP contribution in [0.15, 0.2) is 47.1 Å². The van der Waals surface area contributed by atoms with Crippen LogP contribution in [0.3, 0.4) is 0 Å². The first-order valence-corrected chi connectivity index (χ1v) is 11.9. The number of thiophene rings is 1. The number of benzene rings is 1. The monoisotopic (exact) mass is 450 g/mol. The summed E-state index contributed by atoms with van der Waals surface area (Å²) in [6.07, 6.45) is 4.41. The molecule has 4 rings (SSSR count). The lowest BCUT2D eigenvalue weighted by molar-refractivity contribution is 0.0947. The average molecular weight is 451 g/mol. The molecule has 168 valence electrons. The third-order valence-electron chi connectivity index (χ3n) is 6.34. The van der Waals surface area contributed by atoms with Gasteiger partial charge >= 0.3 is 0 Å². The number of nitrogens with one attached hydrogen (secondary N) is 2. The highest BCUT2D eigenvalue weighted by Crippen LogP contribution is 2.44. The molecule has 32 heavy (non-hydrogen) atoms. The Bertz CT molecular complexity index is 1120. The number of hydrogen-bond acceptors (Lipinski definition) is 4. The van der Waals surface area contributed by atoms with Gasteiger partial charge < -0.3 is 15.1 Å². The first-order valence-electron chi connectivity index (χ1n) is 11.1. The van der Waals surface area contributed by atoms with Crippen LogP contribution in [0.5, 0.6) is 0 Å². The fraction of sp³-hybridized carbons (Fsp3) is 0.385. The van der Waals surface area contributed by atoms with Crippen LogP contribution in [-0.2, 0) is 19.4 Å². The molecule has 0 unspecified atom stereocenters. The summed E-state index contributed by atoms with van der Waals surface area (Å²) in [4.78, 5) is 27.5. The van der Waals surface area contributed by atoms with Gasteiger partial charge in [-0.3, -0.25) is 9.59 Å². The molecule has 3 aromatic rings. The summed E-state index contributed by atoms with van der Waals surface area (Å²) in [5.41, 5.74) is 3.41. The maximum atomic E-state index is 13.3. The van der Waals surface area contributed by atoms with E-state index in [-0.39, 0.29) is 17.2 Å². The lowest BCUT2D eigenvalue weighted by atomic mass is 9.72. The quantitative estimate of drug-likeness (QED) is 0.502. The van der Waals surface area contributed by atoms with E-state index in [9.17, 15) is 9.59 Å². The Labute approximate surface area is 193 Å². The van der Waals surface area contributed by atoms with Crippen molar-refractivity contribution in [3.8, 4) is 0 Å². The van der Waals surface area contributed by atoms with E-state index in [1.807, 2.05) is 37.3 Å². The van der Waals surface area contributed by atoms with Crippen LogP contribution >= 0.6 is 11.3 Å². The van der Waals surface area contributed by atoms with Gasteiger partial charge in [0, 0.05) is 10.4 Å². The summed E-state index contributed by atoms with van der Waals surface area (Å²) >= 11 is 1.55. The maximum Gasteiger partial charge on any atom is 0.256 e. The largest absolute Gasteiger partial charge is 0.467 e. The highest BCUT2D eigenvalue weighted by Gasteiger charge is 2.34. The minimum Gasteiger partial charge on any atom is -0.467 e. The fourth-order valence-electron chi connectivity index (χ4n) is 4.32. The Kier molecular flexibility index (Phi) is 6.24. The molecule has 0 aliphatic heterocycles. The number of aryl methyl sites for hydroxylation is 1. The predicted molar refractivity (Wildman–Crippen MR) is 128 cm³/mol. The number of anilines is 1. The van der Waals surface area contributed by atoms with Crippen LogP contribution in [0.25, 0.3) is 0 Å². The van der Waals surface area contributed by atoms with E-state index >= 15 is 0 Å². The van der Waals surface area contributed by atoms with Gasteiger partial charge in [-0.25, -0.2) is 0 Å². The van der Waals surface area contributed by atoms with Crippen LogP contribution < -0.4 is 10.6 Å². The molecule has 5 nitrogen and oxygen atoms in total. The SMILES string of the molecule is Cc1ccccc1C(=O)Nc1sc2c(c1C(=O)NCc1ccco1)CC[C@H](C(C)(C)C)C2. The molecule has 1 aromatic carbocycles. The van der Waals surface area contributed by atoms with E-state index in [2.05, 4.69) is 31.4 Å². The number of fused-ring (bicyclic) bond motifs is 1. The van der Waals surface area contributed by atoms with Crippen molar-refractivity contribution < 1.29 is 14.0 Å². The molecule has 0 radical (unpaired) electrons. The van der Waals surface area contributed by atoms with Crippen molar-refractivity contribution in [1.29, 1.82) is 0 Å². The smallest absolute Gasteiger partial charge is 0.256 e. The zero-order valence-electron chi connectivity index (χ0n) is 19.1. The summed E-state index contributed by atoms with van der Waals surface area (Å²) in [5.74, 6) is 0.885. The molecular formula is C26H30N2O3S. The molecule has 6 heteroatoms. The molecule has 2 heterocycles. The van der Waals surface area contributed by atoms with E-state index in [4.69, 9.17) is 4.42 Å². The normalized spacial score (nSPS) is 15.8. The molecule has 2 aromatic heterocycles. The molecule has 0 saturated carbocycles. The Hall–Kier alpha value is -2.86. The van der Waals surface area contributed by atoms with Crippen molar-refractivity contribution >= 4 is 28.2 Å². The Balaban J connectivity index is 1.65. The second-order valence-corrected chi connectivity index (χ2v) is 10.6. The molecule has 1 atom stereocenters. The van der Waals surface area contributed by atoms with Crippen LogP contribution in [0.1, 0.15) is 69.7 Å². The molecule has 0 spiro atoms. The molecule has 2 N–H and O–H groups in total. The van der Waals surface area contributed by atoms with E-state index in [1.165, 1.54) is 4.88 Å². The van der Waals surface area contributed by atoms with Gasteiger partial charge in [-0.15, -0.1) is 11.3 Å². The summed E-state index contributed by atoms with van der Waals surface area (Å²) < 4.78 is 5.35. The number of rotatable bonds is 5. The number of amides is 2. The Morgan fingerprint density at radius 2 is 1.91 bits per heavy atom. The standard InChI is InChI=1S/C26H30N2O3S/c1-16-8-5-6-10-19(16)23(29)28-25-22(24(30)27-15-18-9-7-13-31-18)20-12-11-17(26(2,3)4)14-21(20)32-25/h5-10,13,17H,11-12,14-15H2,1-4H3,(H,27,30)(H,28,29)/t17-/m0/s1. The topological polar surface area (TPSA) is 71.3 Å². The zero-order valence-corrected chi connectivity index (χ0v) is 19.9. The molecular weight excluding hydrogens is 420 g/mol. The second-order valence-electron chi connectivity index (χ2n) is 9.54. The lowest BCUT2D eigenvalue weighted by Crippen LogP contribution is -2.28. The summed E-state index contributed by atoms with van der Waals surface area (Å²) in [7, 11) is 0. The highest BCUT2D eigenvalue weighted by molar-refractivity contribution is 7.17. The van der Waals surface area contributed by atoms with Gasteiger partial charge in [0.15, 0.2) is 0 Å². The number of hydrogen-bond donors (Lipinski definition) is 2. The first-order chi connectivity index (χ1) is 15.2. The predicted octanol–water partition coefficient (Wildman–Crippen LogP) is 5.98. The van der Waals surface area contributed by atoms with E-state index in [1.54, 1.807) is 23.7 Å². The van der Waals surface area contributed by atoms with Crippen LogP contribution in [-0.4, -0.2) is 11.8 Å². The molecule has 0 bridgehead atoms. The molecule has 1 aliphatic carbocycles. The van der Waals surface area contributed by atoms with Gasteiger partial charge in [-0.05, 0) is 66.8 Å². The van der Waals surface area contributed by atoms with Crippen molar-refractivity contribution in [2.75, 3.05) is 5.32 Å². The summed E-state index contributed by atoms with van der Waals surface area (Å²) in [6.45, 7) is 9.04. The Morgan fingerprint density at radius 1 is 1.12 bits per heavy atom. The van der Waals surface area contributed by atoms with E-state index < -0.39 is 0 Å². The van der Waals surface area contributed by atoms with Gasteiger partial charge in [0.25, 0.3) is 11.8 Å². The molecule has 0 fully saturated rings. The fourth-order valence-corrected chi connectivity index (χ4v) is 5.64. The Morgan fingerprint density at radius 3 is 2.59 bits per heavy atom.